The van der Waals surface area contributed by atoms with Crippen LogP contribution in [0.3, 0.4) is 0 Å². The lowest BCUT2D eigenvalue weighted by Gasteiger charge is -2.16. The van der Waals surface area contributed by atoms with E-state index in [0.717, 1.165) is 5.56 Å². The van der Waals surface area contributed by atoms with Crippen LogP contribution >= 0.6 is 10.7 Å². The Morgan fingerprint density at radius 2 is 1.72 bits per heavy atom. The van der Waals surface area contributed by atoms with Gasteiger partial charge >= 0.3 is 0 Å². The molecule has 0 atom stereocenters. The highest BCUT2D eigenvalue weighted by Gasteiger charge is 2.17. The molecule has 0 amide bonds. The summed E-state index contributed by atoms with van der Waals surface area (Å²) in [5.41, 5.74) is 1.46. The first kappa shape index (κ1) is 15.1. The van der Waals surface area contributed by atoms with Crippen LogP contribution in [0.1, 0.15) is 30.9 Å². The topological polar surface area (TPSA) is 52.6 Å². The van der Waals surface area contributed by atoms with Gasteiger partial charge in [-0.3, -0.25) is 0 Å². The summed E-state index contributed by atoms with van der Waals surface area (Å²) in [6.07, 6.45) is 0. The molecule has 0 radical (unpaired) electrons. The quantitative estimate of drug-likeness (QED) is 0.783. The minimum absolute atomic E-state index is 0.246. The largest absolute Gasteiger partial charge is 0.496 e. The number of methoxy groups -OCH3 is 2. The van der Waals surface area contributed by atoms with Gasteiger partial charge < -0.3 is 9.47 Å². The van der Waals surface area contributed by atoms with Gasteiger partial charge in [0.1, 0.15) is 11.5 Å². The Morgan fingerprint density at radius 1 is 1.17 bits per heavy atom. The maximum absolute atomic E-state index is 11.2. The normalized spacial score (nSPS) is 11.7. The fourth-order valence-corrected chi connectivity index (χ4v) is 2.68. The Bertz CT molecular complexity index is 523. The second-order valence-corrected chi connectivity index (χ2v) is 7.02. The van der Waals surface area contributed by atoms with Crippen molar-refractivity contribution < 1.29 is 17.9 Å². The van der Waals surface area contributed by atoms with E-state index >= 15 is 0 Å². The average molecular weight is 293 g/mol. The van der Waals surface area contributed by atoms with Crippen LogP contribution in [0.5, 0.6) is 11.5 Å². The van der Waals surface area contributed by atoms with Crippen LogP contribution in [-0.2, 0) is 14.8 Å². The van der Waals surface area contributed by atoms with E-state index in [0.29, 0.717) is 17.1 Å². The van der Waals surface area contributed by atoms with Gasteiger partial charge in [-0.2, -0.15) is 0 Å². The summed E-state index contributed by atoms with van der Waals surface area (Å²) in [5.74, 6) is 1.10. The van der Waals surface area contributed by atoms with Gasteiger partial charge in [-0.05, 0) is 18.1 Å². The number of ether oxygens (including phenoxy) is 2. The zero-order valence-corrected chi connectivity index (χ0v) is 12.4. The lowest BCUT2D eigenvalue weighted by molar-refractivity contribution is 0.394. The van der Waals surface area contributed by atoms with E-state index in [1.54, 1.807) is 19.2 Å². The van der Waals surface area contributed by atoms with Crippen molar-refractivity contribution in [2.45, 2.75) is 25.5 Å². The van der Waals surface area contributed by atoms with Gasteiger partial charge in [-0.1, -0.05) is 13.8 Å². The molecule has 0 saturated heterocycles. The molecule has 1 rings (SSSR count). The van der Waals surface area contributed by atoms with E-state index in [1.807, 2.05) is 13.8 Å². The predicted octanol–water partition coefficient (Wildman–Crippen LogP) is 2.90. The van der Waals surface area contributed by atoms with E-state index in [4.69, 9.17) is 20.2 Å². The van der Waals surface area contributed by atoms with Crippen molar-refractivity contribution in [3.8, 4) is 11.5 Å². The van der Waals surface area contributed by atoms with Gasteiger partial charge in [0.05, 0.1) is 20.0 Å². The summed E-state index contributed by atoms with van der Waals surface area (Å²) >= 11 is 0. The molecule has 0 aliphatic carbocycles. The summed E-state index contributed by atoms with van der Waals surface area (Å²) in [6.45, 7) is 4.05. The van der Waals surface area contributed by atoms with Gasteiger partial charge in [-0.25, -0.2) is 8.42 Å². The molecule has 0 spiro atoms. The van der Waals surface area contributed by atoms with Crippen molar-refractivity contribution >= 4 is 19.7 Å². The van der Waals surface area contributed by atoms with E-state index < -0.39 is 9.05 Å². The molecule has 1 aromatic rings. The van der Waals surface area contributed by atoms with Crippen LogP contribution in [0, 0.1) is 0 Å². The smallest absolute Gasteiger partial charge is 0.236 e. The van der Waals surface area contributed by atoms with Gasteiger partial charge in [0.2, 0.25) is 9.05 Å². The average Bonchev–Trinajstić information content (AvgIpc) is 2.25. The maximum Gasteiger partial charge on any atom is 0.236 e. The van der Waals surface area contributed by atoms with Crippen LogP contribution in [0.4, 0.5) is 0 Å². The zero-order chi connectivity index (χ0) is 13.9. The summed E-state index contributed by atoms with van der Waals surface area (Å²) < 4.78 is 32.8. The van der Waals surface area contributed by atoms with Crippen LogP contribution in [0.2, 0.25) is 0 Å². The van der Waals surface area contributed by atoms with Crippen molar-refractivity contribution in [1.29, 1.82) is 0 Å². The summed E-state index contributed by atoms with van der Waals surface area (Å²) in [4.78, 5) is 0. The van der Waals surface area contributed by atoms with Crippen LogP contribution in [0.15, 0.2) is 12.1 Å². The highest BCUT2D eigenvalue weighted by atomic mass is 35.7. The number of benzene rings is 1. The number of hydrogen-bond acceptors (Lipinski definition) is 4. The van der Waals surface area contributed by atoms with Crippen molar-refractivity contribution in [3.63, 3.8) is 0 Å². The monoisotopic (exact) mass is 292 g/mol. The lowest BCUT2D eigenvalue weighted by Crippen LogP contribution is -2.02. The Labute approximate surface area is 112 Å². The molecule has 0 fully saturated rings. The van der Waals surface area contributed by atoms with E-state index in [2.05, 4.69) is 0 Å². The third kappa shape index (κ3) is 3.78. The van der Waals surface area contributed by atoms with Crippen molar-refractivity contribution in [3.05, 3.63) is 23.3 Å². The van der Waals surface area contributed by atoms with Crippen LogP contribution in [0.25, 0.3) is 0 Å². The molecule has 0 N–H and O–H groups in total. The molecular weight excluding hydrogens is 276 g/mol. The predicted molar refractivity (Wildman–Crippen MR) is 72.1 cm³/mol. The second-order valence-electron chi connectivity index (χ2n) is 4.24. The zero-order valence-electron chi connectivity index (χ0n) is 10.9. The Kier molecular flexibility index (Phi) is 4.87. The molecule has 0 saturated carbocycles. The van der Waals surface area contributed by atoms with Gasteiger partial charge in [0.25, 0.3) is 0 Å². The van der Waals surface area contributed by atoms with Crippen molar-refractivity contribution in [1.82, 2.24) is 0 Å². The second kappa shape index (κ2) is 5.80. The summed E-state index contributed by atoms with van der Waals surface area (Å²) in [7, 11) is 4.68. The molecule has 0 bridgehead atoms. The minimum atomic E-state index is -3.63. The van der Waals surface area contributed by atoms with Gasteiger partial charge in [0, 0.05) is 21.8 Å². The SMILES string of the molecule is COc1cc(C(C)C)c(OC)cc1CS(=O)(=O)Cl. The standard InChI is InChI=1S/C12H17ClO4S/c1-8(2)10-6-11(16-3)9(5-12(10)17-4)7-18(13,14)15/h5-6,8H,7H2,1-4H3. The number of halogens is 1. The Morgan fingerprint density at radius 3 is 2.11 bits per heavy atom. The highest BCUT2D eigenvalue weighted by Crippen LogP contribution is 2.34. The third-order valence-corrected chi connectivity index (χ3v) is 3.57. The molecule has 102 valence electrons. The molecule has 18 heavy (non-hydrogen) atoms. The van der Waals surface area contributed by atoms with E-state index in [-0.39, 0.29) is 11.7 Å². The molecule has 0 unspecified atom stereocenters. The van der Waals surface area contributed by atoms with Gasteiger partial charge in [-0.15, -0.1) is 0 Å². The summed E-state index contributed by atoms with van der Waals surface area (Å²) in [5, 5.41) is 0. The molecule has 0 aromatic heterocycles. The van der Waals surface area contributed by atoms with E-state index in [9.17, 15) is 8.42 Å². The first-order valence-corrected chi connectivity index (χ1v) is 7.93. The molecule has 6 heteroatoms. The maximum atomic E-state index is 11.2. The first-order chi connectivity index (χ1) is 8.28. The molecule has 4 nitrogen and oxygen atoms in total. The molecule has 0 aliphatic heterocycles. The fourth-order valence-electron chi connectivity index (χ4n) is 1.73. The third-order valence-electron chi connectivity index (χ3n) is 2.58. The Hall–Kier alpha value is -0.940. The fraction of sp³-hybridized carbons (Fsp3) is 0.500. The highest BCUT2D eigenvalue weighted by molar-refractivity contribution is 8.13. The Balaban J connectivity index is 3.35. The summed E-state index contributed by atoms with van der Waals surface area (Å²) in [6, 6.07) is 3.45. The molecular formula is C12H17ClO4S. The van der Waals surface area contributed by atoms with Crippen molar-refractivity contribution in [2.75, 3.05) is 14.2 Å². The molecule has 1 aromatic carbocycles. The van der Waals surface area contributed by atoms with Crippen LogP contribution < -0.4 is 9.47 Å². The lowest BCUT2D eigenvalue weighted by atomic mass is 10.00. The van der Waals surface area contributed by atoms with E-state index in [1.165, 1.54) is 7.11 Å². The van der Waals surface area contributed by atoms with Crippen LogP contribution in [-0.4, -0.2) is 22.6 Å². The molecule has 0 heterocycles. The molecule has 0 aliphatic rings. The van der Waals surface area contributed by atoms with Crippen molar-refractivity contribution in [2.24, 2.45) is 0 Å². The minimum Gasteiger partial charge on any atom is -0.496 e. The number of hydrogen-bond donors (Lipinski definition) is 0. The number of rotatable bonds is 5. The van der Waals surface area contributed by atoms with Gasteiger partial charge in [0.15, 0.2) is 0 Å². The first-order valence-electron chi connectivity index (χ1n) is 5.45.